The molecule has 2 aromatic heterocycles. The van der Waals surface area contributed by atoms with Crippen molar-refractivity contribution in [3.63, 3.8) is 0 Å². The molecule has 0 spiro atoms. The zero-order valence-corrected chi connectivity index (χ0v) is 18.3. The Labute approximate surface area is 183 Å². The highest BCUT2D eigenvalue weighted by Crippen LogP contribution is 2.37. The number of ketones is 1. The number of likely N-dealkylation sites (tertiary alicyclic amines) is 1. The predicted octanol–water partition coefficient (Wildman–Crippen LogP) is 4.66. The number of carbonyl (C=O) groups excluding carboxylic acids is 1. The Morgan fingerprint density at radius 3 is 2.58 bits per heavy atom. The van der Waals surface area contributed by atoms with E-state index in [0.717, 1.165) is 65.4 Å². The van der Waals surface area contributed by atoms with Crippen molar-refractivity contribution in [2.75, 3.05) is 27.2 Å². The third-order valence-electron chi connectivity index (χ3n) is 6.78. The first-order chi connectivity index (χ1) is 15.1. The third kappa shape index (κ3) is 4.08. The molecule has 3 aromatic rings. The molecule has 0 unspecified atom stereocenters. The van der Waals surface area contributed by atoms with Crippen LogP contribution >= 0.6 is 0 Å². The van der Waals surface area contributed by atoms with Crippen molar-refractivity contribution in [3.05, 3.63) is 65.7 Å². The number of Topliss-reactive ketones (excluding diaryl/α,β-unsaturated/α-hetero) is 1. The summed E-state index contributed by atoms with van der Waals surface area (Å²) in [7, 11) is 4.39. The summed E-state index contributed by atoms with van der Waals surface area (Å²) in [5, 5.41) is 0. The second-order valence-corrected chi connectivity index (χ2v) is 8.94. The topological polar surface area (TPSA) is 49.6 Å². The van der Waals surface area contributed by atoms with Gasteiger partial charge in [0.25, 0.3) is 0 Å². The minimum atomic E-state index is 0.246. The molecule has 0 saturated carbocycles. The van der Waals surface area contributed by atoms with Gasteiger partial charge < -0.3 is 9.32 Å². The fourth-order valence-corrected chi connectivity index (χ4v) is 4.89. The number of nitrogens with zero attached hydrogens (tertiary/aromatic N) is 3. The average molecular weight is 416 g/mol. The number of rotatable bonds is 5. The standard InChI is InChI=1S/C26H29N3O2/c1-28-13-9-21(10-14-28)29(2)17-22-16-24(18-7-11-27-12-8-18)26(31-22)20-3-5-23-19(15-20)4-6-25(23)30/h3,5,7-8,11-12,15-16,21H,4,6,9-10,13-14,17H2,1-2H3. The third-order valence-corrected chi connectivity index (χ3v) is 6.78. The van der Waals surface area contributed by atoms with E-state index in [1.807, 2.05) is 36.7 Å². The van der Waals surface area contributed by atoms with E-state index in [2.05, 4.69) is 41.0 Å². The number of furan rings is 1. The first-order valence-corrected chi connectivity index (χ1v) is 11.2. The molecule has 0 bridgehead atoms. The maximum Gasteiger partial charge on any atom is 0.163 e. The summed E-state index contributed by atoms with van der Waals surface area (Å²) < 4.78 is 6.47. The lowest BCUT2D eigenvalue weighted by Gasteiger charge is -2.34. The molecule has 1 aromatic carbocycles. The maximum atomic E-state index is 12.1. The van der Waals surface area contributed by atoms with Gasteiger partial charge in [-0.3, -0.25) is 14.7 Å². The van der Waals surface area contributed by atoms with Crippen LogP contribution in [0.15, 0.2) is 53.2 Å². The average Bonchev–Trinajstić information content (AvgIpc) is 3.38. The second kappa shape index (κ2) is 8.40. The van der Waals surface area contributed by atoms with Crippen LogP contribution in [-0.4, -0.2) is 53.8 Å². The number of fused-ring (bicyclic) bond motifs is 1. The molecule has 0 radical (unpaired) electrons. The summed E-state index contributed by atoms with van der Waals surface area (Å²) in [6.07, 6.45) is 7.45. The smallest absolute Gasteiger partial charge is 0.163 e. The first kappa shape index (κ1) is 20.2. The van der Waals surface area contributed by atoms with Crippen molar-refractivity contribution in [2.45, 2.75) is 38.3 Å². The number of carbonyl (C=O) groups is 1. The van der Waals surface area contributed by atoms with Crippen molar-refractivity contribution in [3.8, 4) is 22.5 Å². The summed E-state index contributed by atoms with van der Waals surface area (Å²) >= 11 is 0. The molecule has 0 N–H and O–H groups in total. The molecule has 160 valence electrons. The van der Waals surface area contributed by atoms with Crippen LogP contribution in [0.4, 0.5) is 0 Å². The summed E-state index contributed by atoms with van der Waals surface area (Å²) in [6, 6.07) is 12.9. The fourth-order valence-electron chi connectivity index (χ4n) is 4.89. The lowest BCUT2D eigenvalue weighted by Crippen LogP contribution is -2.41. The van der Waals surface area contributed by atoms with Crippen LogP contribution in [0.1, 0.15) is 40.9 Å². The Bertz CT molecular complexity index is 1080. The molecular formula is C26H29N3O2. The molecule has 1 fully saturated rings. The number of hydrogen-bond donors (Lipinski definition) is 0. The minimum Gasteiger partial charge on any atom is -0.459 e. The summed E-state index contributed by atoms with van der Waals surface area (Å²) in [5.41, 5.74) is 5.21. The number of piperidine rings is 1. The van der Waals surface area contributed by atoms with Crippen LogP contribution in [0.25, 0.3) is 22.5 Å². The maximum absolute atomic E-state index is 12.1. The van der Waals surface area contributed by atoms with Crippen LogP contribution in [0.2, 0.25) is 0 Å². The largest absolute Gasteiger partial charge is 0.459 e. The van der Waals surface area contributed by atoms with Gasteiger partial charge in [0, 0.05) is 41.5 Å². The molecule has 1 saturated heterocycles. The van der Waals surface area contributed by atoms with E-state index in [9.17, 15) is 4.79 Å². The van der Waals surface area contributed by atoms with E-state index in [-0.39, 0.29) is 5.78 Å². The summed E-state index contributed by atoms with van der Waals surface area (Å²) in [4.78, 5) is 21.1. The molecule has 0 amide bonds. The minimum absolute atomic E-state index is 0.246. The summed E-state index contributed by atoms with van der Waals surface area (Å²) in [6.45, 7) is 3.08. The molecule has 5 heteroatoms. The molecule has 2 aliphatic rings. The molecule has 5 nitrogen and oxygen atoms in total. The van der Waals surface area contributed by atoms with E-state index in [0.29, 0.717) is 12.5 Å². The van der Waals surface area contributed by atoms with E-state index in [1.54, 1.807) is 0 Å². The molecule has 0 atom stereocenters. The van der Waals surface area contributed by atoms with Gasteiger partial charge in [-0.25, -0.2) is 0 Å². The Kier molecular flexibility index (Phi) is 5.47. The zero-order valence-electron chi connectivity index (χ0n) is 18.3. The second-order valence-electron chi connectivity index (χ2n) is 8.94. The molecule has 3 heterocycles. The van der Waals surface area contributed by atoms with Crippen molar-refractivity contribution in [1.82, 2.24) is 14.8 Å². The number of aromatic nitrogens is 1. The van der Waals surface area contributed by atoms with Crippen LogP contribution in [0, 0.1) is 0 Å². The van der Waals surface area contributed by atoms with Gasteiger partial charge in [0.1, 0.15) is 11.5 Å². The number of aryl methyl sites for hydroxylation is 1. The van der Waals surface area contributed by atoms with E-state index >= 15 is 0 Å². The van der Waals surface area contributed by atoms with Crippen molar-refractivity contribution < 1.29 is 9.21 Å². The van der Waals surface area contributed by atoms with Gasteiger partial charge in [-0.1, -0.05) is 12.1 Å². The first-order valence-electron chi connectivity index (χ1n) is 11.2. The van der Waals surface area contributed by atoms with E-state index < -0.39 is 0 Å². The quantitative estimate of drug-likeness (QED) is 0.606. The Balaban J connectivity index is 1.47. The highest BCUT2D eigenvalue weighted by Gasteiger charge is 2.24. The van der Waals surface area contributed by atoms with Crippen molar-refractivity contribution in [1.29, 1.82) is 0 Å². The monoisotopic (exact) mass is 415 g/mol. The number of benzene rings is 1. The number of pyridine rings is 1. The predicted molar refractivity (Wildman–Crippen MR) is 122 cm³/mol. The van der Waals surface area contributed by atoms with Crippen molar-refractivity contribution in [2.24, 2.45) is 0 Å². The Morgan fingerprint density at radius 1 is 1.03 bits per heavy atom. The normalized spacial score (nSPS) is 17.5. The molecule has 5 rings (SSSR count). The van der Waals surface area contributed by atoms with Crippen LogP contribution in [0.5, 0.6) is 0 Å². The Hall–Kier alpha value is -2.76. The molecule has 1 aliphatic carbocycles. The van der Waals surface area contributed by atoms with Gasteiger partial charge in [0.15, 0.2) is 5.78 Å². The van der Waals surface area contributed by atoms with Crippen LogP contribution in [0.3, 0.4) is 0 Å². The molecule has 1 aliphatic heterocycles. The van der Waals surface area contributed by atoms with Gasteiger partial charge in [0.05, 0.1) is 6.54 Å². The van der Waals surface area contributed by atoms with Gasteiger partial charge in [0.2, 0.25) is 0 Å². The number of hydrogen-bond acceptors (Lipinski definition) is 5. The van der Waals surface area contributed by atoms with Gasteiger partial charge in [-0.15, -0.1) is 0 Å². The highest BCUT2D eigenvalue weighted by atomic mass is 16.3. The van der Waals surface area contributed by atoms with E-state index in [1.165, 1.54) is 12.8 Å². The lowest BCUT2D eigenvalue weighted by atomic mass is 9.99. The SMILES string of the molecule is CN1CCC(N(C)Cc2cc(-c3ccncc3)c(-c3ccc4c(c3)CCC4=O)o2)CC1. The van der Waals surface area contributed by atoms with Crippen molar-refractivity contribution >= 4 is 5.78 Å². The molecule has 31 heavy (non-hydrogen) atoms. The van der Waals surface area contributed by atoms with Gasteiger partial charge in [-0.2, -0.15) is 0 Å². The highest BCUT2D eigenvalue weighted by molar-refractivity contribution is 6.01. The zero-order chi connectivity index (χ0) is 21.4. The van der Waals surface area contributed by atoms with Gasteiger partial charge >= 0.3 is 0 Å². The van der Waals surface area contributed by atoms with E-state index in [4.69, 9.17) is 4.42 Å². The van der Waals surface area contributed by atoms with Gasteiger partial charge in [-0.05, 0) is 81.8 Å². The lowest BCUT2D eigenvalue weighted by molar-refractivity contribution is 0.0994. The summed E-state index contributed by atoms with van der Waals surface area (Å²) in [5.74, 6) is 2.09. The Morgan fingerprint density at radius 2 is 1.81 bits per heavy atom. The van der Waals surface area contributed by atoms with Crippen LogP contribution in [-0.2, 0) is 13.0 Å². The fraction of sp³-hybridized carbons (Fsp3) is 0.385. The van der Waals surface area contributed by atoms with Crippen LogP contribution < -0.4 is 0 Å². The molecular weight excluding hydrogens is 386 g/mol.